The molecule has 0 aliphatic carbocycles. The van der Waals surface area contributed by atoms with Gasteiger partial charge in [-0.05, 0) is 79.3 Å². The SMILES string of the molecule is O=C(O)CC[C@H](NC(=O)CN1CCN(CC(=O)O)CCN(CC(=O)O)CCN(CC(=O)O)CC1)C(=O)N[C@@H](CCC(=O)O)C(=O)NCCNS(=O)(=O)c1ccc(-c2ccc(S(=O)(=O)N[C@@H](CNC(=O)c3ccc4c(cnn4CCCNC4=NCCCN4)c3)C(=O)O)cc2)cc1. The van der Waals surface area contributed by atoms with Crippen LogP contribution in [-0.2, 0) is 69.7 Å². The number of benzene rings is 3. The van der Waals surface area contributed by atoms with Crippen molar-refractivity contribution < 1.29 is 95.4 Å². The molecular weight excluding hydrogens is 1290 g/mol. The minimum Gasteiger partial charge on any atom is -0.481 e. The second kappa shape index (κ2) is 36.4. The lowest BCUT2D eigenvalue weighted by Gasteiger charge is -2.33. The van der Waals surface area contributed by atoms with Gasteiger partial charge in [-0.15, -0.1) is 0 Å². The molecule has 0 saturated carbocycles. The van der Waals surface area contributed by atoms with Gasteiger partial charge in [0, 0.05) is 122 Å². The Kier molecular flexibility index (Phi) is 28.7. The first-order valence-corrected chi connectivity index (χ1v) is 33.2. The Balaban J connectivity index is 0.995. The number of carboxylic acids is 6. The van der Waals surface area contributed by atoms with Crippen molar-refractivity contribution in [3.63, 3.8) is 0 Å². The molecule has 6 rings (SSSR count). The summed E-state index contributed by atoms with van der Waals surface area (Å²) in [5.74, 6) is -10.6. The number of carbonyl (C=O) groups excluding carboxylic acids is 4. The number of sulfonamides is 2. The molecule has 2 aliphatic rings. The number of amides is 4. The van der Waals surface area contributed by atoms with Crippen LogP contribution < -0.4 is 41.3 Å². The van der Waals surface area contributed by atoms with Crippen LogP contribution in [0, 0.1) is 0 Å². The van der Waals surface area contributed by atoms with Crippen LogP contribution in [0.25, 0.3) is 22.0 Å². The fourth-order valence-corrected chi connectivity index (χ4v) is 12.2. The normalized spacial score (nSPS) is 15.9. The van der Waals surface area contributed by atoms with Gasteiger partial charge < -0.3 is 62.5 Å². The molecule has 3 aromatic carbocycles. The summed E-state index contributed by atoms with van der Waals surface area (Å²) < 4.78 is 59.7. The van der Waals surface area contributed by atoms with E-state index in [1.165, 1.54) is 58.3 Å². The van der Waals surface area contributed by atoms with Crippen molar-refractivity contribution in [2.75, 3.05) is 118 Å². The average molecular weight is 1370 g/mol. The molecule has 4 aromatic rings. The number of carbonyl (C=O) groups is 10. The second-order valence-electron chi connectivity index (χ2n) is 22.2. The number of nitrogens with zero attached hydrogens (tertiary/aromatic N) is 7. The van der Waals surface area contributed by atoms with E-state index in [0.717, 1.165) is 37.4 Å². The molecule has 0 radical (unpaired) electrons. The van der Waals surface area contributed by atoms with Gasteiger partial charge in [-0.1, -0.05) is 24.3 Å². The van der Waals surface area contributed by atoms with Gasteiger partial charge in [0.15, 0.2) is 5.96 Å². The largest absolute Gasteiger partial charge is 0.481 e. The molecule has 37 heteroatoms. The molecule has 2 aliphatic heterocycles. The number of aryl methyl sites for hydroxylation is 1. The van der Waals surface area contributed by atoms with E-state index in [-0.39, 0.29) is 74.3 Å². The highest BCUT2D eigenvalue weighted by atomic mass is 32.2. The fraction of sp³-hybridized carbons (Fsp3) is 0.483. The third-order valence-electron chi connectivity index (χ3n) is 15.0. The maximum Gasteiger partial charge on any atom is 0.323 e. The molecule has 0 spiro atoms. The molecule has 0 bridgehead atoms. The van der Waals surface area contributed by atoms with Crippen LogP contribution in [0.1, 0.15) is 48.9 Å². The number of rotatable bonds is 35. The molecule has 3 atom stereocenters. The first kappa shape index (κ1) is 74.8. The van der Waals surface area contributed by atoms with Crippen LogP contribution in [0.4, 0.5) is 0 Å². The molecule has 95 heavy (non-hydrogen) atoms. The quantitative estimate of drug-likeness (QED) is 0.0201. The monoisotopic (exact) mass is 1370 g/mol. The highest BCUT2D eigenvalue weighted by molar-refractivity contribution is 7.89. The van der Waals surface area contributed by atoms with Crippen LogP contribution in [-0.4, -0.2) is 278 Å². The average Bonchev–Trinajstić information content (AvgIpc) is 1.81. The number of carboxylic acid groups (broad SMARTS) is 6. The molecule has 35 nitrogen and oxygen atoms in total. The van der Waals surface area contributed by atoms with Gasteiger partial charge >= 0.3 is 35.8 Å². The summed E-state index contributed by atoms with van der Waals surface area (Å²) in [4.78, 5) is 135. The maximum atomic E-state index is 13.8. The zero-order valence-corrected chi connectivity index (χ0v) is 53.3. The smallest absolute Gasteiger partial charge is 0.323 e. The van der Waals surface area contributed by atoms with Gasteiger partial charge in [-0.2, -0.15) is 9.82 Å². The van der Waals surface area contributed by atoms with E-state index in [2.05, 4.69) is 51.4 Å². The third kappa shape index (κ3) is 25.2. The molecule has 1 saturated heterocycles. The second-order valence-corrected chi connectivity index (χ2v) is 25.7. The lowest BCUT2D eigenvalue weighted by molar-refractivity contribution is -0.140. The number of aromatic nitrogens is 2. The molecule has 1 fully saturated rings. The number of aliphatic imine (C=N–C) groups is 1. The molecule has 14 N–H and O–H groups in total. The van der Waals surface area contributed by atoms with Crippen LogP contribution in [0.5, 0.6) is 0 Å². The van der Waals surface area contributed by atoms with Crippen molar-refractivity contribution in [1.29, 1.82) is 0 Å². The number of guanidine groups is 1. The minimum absolute atomic E-state index is 0.0256. The summed E-state index contributed by atoms with van der Waals surface area (Å²) in [6, 6.07) is 10.4. The standard InChI is InChI=1S/C58H79N15O20S2/c74-48(34-69-23-25-70(35-51(79)80)27-29-72(37-53(83)84)30-28-71(26-24-69)36-52(81)82)66-45(13-16-50(77)78)56(87)67-44(12-15-49(75)76)55(86)59-20-21-65-94(90,91)42-8-3-38(4-9-42)39-5-10-43(11-6-39)95(92,93)68-46(57(88)89)33-63-54(85)40-7-14-47-41(31-40)32-64-73(47)22-2-19-62-58-60-17-1-18-61-58/h3-11,14,31-32,44-46,65,68H,1-2,12-13,15-30,33-37H2,(H,59,86)(H,63,85)(H,66,74)(H,67,87)(H,75,76)(H,77,78)(H,79,80)(H,81,82)(H,83,84)(H,88,89)(H2,60,61,62)/t44-,45-,46-/m0/s1. The Labute approximate surface area is 545 Å². The predicted octanol–water partition coefficient (Wildman–Crippen LogP) is -3.24. The first-order valence-electron chi connectivity index (χ1n) is 30.2. The zero-order chi connectivity index (χ0) is 69.2. The van der Waals surface area contributed by atoms with Gasteiger partial charge in [0.05, 0.1) is 47.7 Å². The third-order valence-corrected chi connectivity index (χ3v) is 18.0. The van der Waals surface area contributed by atoms with E-state index in [4.69, 9.17) is 0 Å². The Morgan fingerprint density at radius 3 is 1.57 bits per heavy atom. The first-order chi connectivity index (χ1) is 45.1. The number of aliphatic carboxylic acids is 6. The van der Waals surface area contributed by atoms with Gasteiger partial charge in [0.25, 0.3) is 5.91 Å². The van der Waals surface area contributed by atoms with E-state index in [9.17, 15) is 95.4 Å². The summed E-state index contributed by atoms with van der Waals surface area (Å²) in [6.45, 7) is 0.280. The topological polar surface area (TPSA) is 500 Å². The van der Waals surface area contributed by atoms with Gasteiger partial charge in [0.2, 0.25) is 37.8 Å². The van der Waals surface area contributed by atoms with Gasteiger partial charge in [-0.3, -0.25) is 77.2 Å². The number of fused-ring (bicyclic) bond motifs is 1. The Morgan fingerprint density at radius 1 is 0.558 bits per heavy atom. The Morgan fingerprint density at radius 2 is 1.07 bits per heavy atom. The Hall–Kier alpha value is -9.24. The van der Waals surface area contributed by atoms with Crippen LogP contribution in [0.15, 0.2) is 87.7 Å². The molecule has 1 aromatic heterocycles. The highest BCUT2D eigenvalue weighted by Gasteiger charge is 2.31. The summed E-state index contributed by atoms with van der Waals surface area (Å²) in [7, 11) is -8.75. The molecule has 3 heterocycles. The molecule has 0 unspecified atom stereocenters. The van der Waals surface area contributed by atoms with E-state index >= 15 is 0 Å². The summed E-state index contributed by atoms with van der Waals surface area (Å²) >= 11 is 0. The van der Waals surface area contributed by atoms with E-state index < -0.39 is 163 Å². The van der Waals surface area contributed by atoms with Crippen molar-refractivity contribution >= 4 is 96.4 Å². The van der Waals surface area contributed by atoms with Crippen molar-refractivity contribution in [2.24, 2.45) is 4.99 Å². The van der Waals surface area contributed by atoms with Crippen LogP contribution in [0.3, 0.4) is 0 Å². The van der Waals surface area contributed by atoms with Crippen LogP contribution in [0.2, 0.25) is 0 Å². The van der Waals surface area contributed by atoms with Crippen molar-refractivity contribution in [3.05, 3.63) is 78.5 Å². The van der Waals surface area contributed by atoms with Gasteiger partial charge in [-0.25, -0.2) is 21.6 Å². The number of hydrogen-bond acceptors (Lipinski definition) is 22. The van der Waals surface area contributed by atoms with Crippen molar-refractivity contribution in [1.82, 2.24) is 70.7 Å². The minimum atomic E-state index is -4.48. The van der Waals surface area contributed by atoms with Crippen LogP contribution >= 0.6 is 0 Å². The van der Waals surface area contributed by atoms with E-state index in [1.54, 1.807) is 38.9 Å². The van der Waals surface area contributed by atoms with E-state index in [1.807, 2.05) is 0 Å². The summed E-state index contributed by atoms with van der Waals surface area (Å²) in [6.07, 6.45) is 1.01. The summed E-state index contributed by atoms with van der Waals surface area (Å²) in [5.41, 5.74) is 1.84. The zero-order valence-electron chi connectivity index (χ0n) is 51.7. The molecule has 4 amide bonds. The van der Waals surface area contributed by atoms with Gasteiger partial charge in [0.1, 0.15) is 18.1 Å². The molecular formula is C58H79N15O20S2. The predicted molar refractivity (Wildman–Crippen MR) is 338 cm³/mol. The lowest BCUT2D eigenvalue weighted by Crippen LogP contribution is -2.55. The Bertz CT molecular complexity index is 3600. The molecule has 518 valence electrons. The van der Waals surface area contributed by atoms with E-state index in [0.29, 0.717) is 29.6 Å². The maximum absolute atomic E-state index is 13.8. The number of hydrogen-bond donors (Lipinski definition) is 14. The summed E-state index contributed by atoms with van der Waals surface area (Å²) in [5, 5.41) is 78.7. The van der Waals surface area contributed by atoms with Crippen molar-refractivity contribution in [3.8, 4) is 11.1 Å². The highest BCUT2D eigenvalue weighted by Crippen LogP contribution is 2.24. The fourth-order valence-electron chi connectivity index (χ4n) is 10.0. The lowest BCUT2D eigenvalue weighted by atomic mass is 10.1. The van der Waals surface area contributed by atoms with Crippen molar-refractivity contribution in [2.45, 2.75) is 73.0 Å². The number of nitrogens with one attached hydrogen (secondary N) is 8.